The molecular weight excluding hydrogens is 484 g/mol. The highest BCUT2D eigenvalue weighted by Crippen LogP contribution is 2.47. The van der Waals surface area contributed by atoms with Gasteiger partial charge in [-0.3, -0.25) is 14.5 Å². The van der Waals surface area contributed by atoms with Crippen molar-refractivity contribution < 1.29 is 28.9 Å². The van der Waals surface area contributed by atoms with Crippen LogP contribution in [0.1, 0.15) is 47.2 Å². The van der Waals surface area contributed by atoms with Crippen molar-refractivity contribution in [1.82, 2.24) is 10.2 Å². The Kier molecular flexibility index (Phi) is 7.24. The standard InChI is InChI=1S/C30H32N2O6/c1-18-6-4-5-7-23(18)19(2)31-27(33)16-32-15-24(21-10-13-25-26(14-21)38-17-37-25)28(30(34)35)29(32)20-8-11-22(36-3)12-9-20/h4-14,19,24,28-29H,15-17H2,1-3H3,(H,31,33)(H,34,35)/t19?,24-,28-,29+/m0/s1. The molecule has 1 fully saturated rings. The number of hydrogen-bond donors (Lipinski definition) is 2. The summed E-state index contributed by atoms with van der Waals surface area (Å²) in [6.45, 7) is 4.59. The van der Waals surface area contributed by atoms with Crippen LogP contribution in [0.2, 0.25) is 0 Å². The van der Waals surface area contributed by atoms with Crippen LogP contribution in [-0.4, -0.2) is 48.9 Å². The highest BCUT2D eigenvalue weighted by Gasteiger charge is 2.48. The van der Waals surface area contributed by atoms with Crippen LogP contribution in [0.15, 0.2) is 66.7 Å². The number of aliphatic carboxylic acids is 1. The number of rotatable bonds is 8. The fourth-order valence-electron chi connectivity index (χ4n) is 5.69. The van der Waals surface area contributed by atoms with Gasteiger partial charge in [0.2, 0.25) is 12.7 Å². The Morgan fingerprint density at radius 3 is 2.47 bits per heavy atom. The molecule has 5 rings (SSSR count). The zero-order valence-electron chi connectivity index (χ0n) is 21.7. The van der Waals surface area contributed by atoms with Gasteiger partial charge in [-0.1, -0.05) is 42.5 Å². The molecule has 0 aromatic heterocycles. The van der Waals surface area contributed by atoms with Crippen molar-refractivity contribution in [3.05, 3.63) is 89.0 Å². The van der Waals surface area contributed by atoms with E-state index in [9.17, 15) is 14.7 Å². The lowest BCUT2D eigenvalue weighted by atomic mass is 9.82. The Hall–Kier alpha value is -4.04. The van der Waals surface area contributed by atoms with Crippen molar-refractivity contribution in [3.63, 3.8) is 0 Å². The van der Waals surface area contributed by atoms with Crippen molar-refractivity contribution in [2.24, 2.45) is 5.92 Å². The zero-order chi connectivity index (χ0) is 26.8. The van der Waals surface area contributed by atoms with Gasteiger partial charge in [0.05, 0.1) is 25.6 Å². The number of hydrogen-bond acceptors (Lipinski definition) is 6. The lowest BCUT2D eigenvalue weighted by molar-refractivity contribution is -0.143. The van der Waals surface area contributed by atoms with Crippen molar-refractivity contribution >= 4 is 11.9 Å². The number of nitrogens with zero attached hydrogens (tertiary/aromatic N) is 1. The fraction of sp³-hybridized carbons (Fsp3) is 0.333. The molecule has 8 nitrogen and oxygen atoms in total. The summed E-state index contributed by atoms with van der Waals surface area (Å²) in [4.78, 5) is 28.0. The van der Waals surface area contributed by atoms with E-state index in [2.05, 4.69) is 5.32 Å². The van der Waals surface area contributed by atoms with E-state index in [4.69, 9.17) is 14.2 Å². The summed E-state index contributed by atoms with van der Waals surface area (Å²) in [7, 11) is 1.59. The number of amides is 1. The number of ether oxygens (including phenoxy) is 3. The number of methoxy groups -OCH3 is 1. The molecule has 1 unspecified atom stereocenters. The first-order valence-corrected chi connectivity index (χ1v) is 12.7. The molecule has 3 aromatic carbocycles. The molecule has 38 heavy (non-hydrogen) atoms. The van der Waals surface area contributed by atoms with E-state index in [-0.39, 0.29) is 31.2 Å². The molecule has 8 heteroatoms. The van der Waals surface area contributed by atoms with Crippen molar-refractivity contribution in [3.8, 4) is 17.2 Å². The normalized spacial score (nSPS) is 21.2. The Labute approximate surface area is 222 Å². The minimum atomic E-state index is -0.912. The van der Waals surface area contributed by atoms with Gasteiger partial charge in [-0.05, 0) is 60.4 Å². The molecule has 198 valence electrons. The maximum Gasteiger partial charge on any atom is 0.309 e. The van der Waals surface area contributed by atoms with Gasteiger partial charge in [0, 0.05) is 18.5 Å². The molecule has 1 amide bonds. The molecule has 2 aliphatic heterocycles. The number of carboxylic acid groups (broad SMARTS) is 1. The number of likely N-dealkylation sites (tertiary alicyclic amines) is 1. The van der Waals surface area contributed by atoms with E-state index in [1.807, 2.05) is 85.5 Å². The van der Waals surface area contributed by atoms with Gasteiger partial charge in [-0.2, -0.15) is 0 Å². The molecule has 0 saturated carbocycles. The SMILES string of the molecule is COc1ccc([C@@H]2[C@@H](C(=O)O)[C@H](c3ccc4c(c3)OCO4)CN2CC(=O)NC(C)c2ccccc2C)cc1. The Balaban J connectivity index is 1.45. The van der Waals surface area contributed by atoms with Crippen LogP contribution in [0.3, 0.4) is 0 Å². The Morgan fingerprint density at radius 2 is 1.76 bits per heavy atom. The third-order valence-electron chi connectivity index (χ3n) is 7.54. The number of carbonyl (C=O) groups excluding carboxylic acids is 1. The second-order valence-corrected chi connectivity index (χ2v) is 9.88. The number of carboxylic acids is 1. The van der Waals surface area contributed by atoms with E-state index in [0.29, 0.717) is 23.8 Å². The molecule has 0 spiro atoms. The summed E-state index contributed by atoms with van der Waals surface area (Å²) < 4.78 is 16.3. The number of carbonyl (C=O) groups is 2. The van der Waals surface area contributed by atoms with Crippen LogP contribution >= 0.6 is 0 Å². The molecule has 4 atom stereocenters. The summed E-state index contributed by atoms with van der Waals surface area (Å²) in [5.41, 5.74) is 3.82. The van der Waals surface area contributed by atoms with Crippen LogP contribution in [-0.2, 0) is 9.59 Å². The second-order valence-electron chi connectivity index (χ2n) is 9.88. The van der Waals surface area contributed by atoms with Gasteiger partial charge < -0.3 is 24.6 Å². The van der Waals surface area contributed by atoms with Crippen LogP contribution in [0.25, 0.3) is 0 Å². The highest BCUT2D eigenvalue weighted by atomic mass is 16.7. The monoisotopic (exact) mass is 516 g/mol. The van der Waals surface area contributed by atoms with Crippen LogP contribution in [0.5, 0.6) is 17.2 Å². The molecule has 2 heterocycles. The summed E-state index contributed by atoms with van der Waals surface area (Å²) >= 11 is 0. The van der Waals surface area contributed by atoms with E-state index in [1.165, 1.54) is 0 Å². The fourth-order valence-corrected chi connectivity index (χ4v) is 5.69. The molecular formula is C30H32N2O6. The lowest BCUT2D eigenvalue weighted by Crippen LogP contribution is -2.39. The minimum Gasteiger partial charge on any atom is -0.497 e. The van der Waals surface area contributed by atoms with Crippen LogP contribution < -0.4 is 19.5 Å². The van der Waals surface area contributed by atoms with E-state index < -0.39 is 17.9 Å². The number of fused-ring (bicyclic) bond motifs is 1. The van der Waals surface area contributed by atoms with Crippen molar-refractivity contribution in [2.45, 2.75) is 31.8 Å². The average Bonchev–Trinajstić information content (AvgIpc) is 3.53. The van der Waals surface area contributed by atoms with E-state index >= 15 is 0 Å². The number of aryl methyl sites for hydroxylation is 1. The average molecular weight is 517 g/mol. The van der Waals surface area contributed by atoms with Crippen molar-refractivity contribution in [2.75, 3.05) is 27.0 Å². The van der Waals surface area contributed by atoms with Crippen molar-refractivity contribution in [1.29, 1.82) is 0 Å². The maximum atomic E-state index is 13.3. The van der Waals surface area contributed by atoms with Crippen LogP contribution in [0, 0.1) is 12.8 Å². The minimum absolute atomic E-state index is 0.0672. The van der Waals surface area contributed by atoms with Gasteiger partial charge in [0.1, 0.15) is 5.75 Å². The molecule has 2 N–H and O–H groups in total. The number of benzene rings is 3. The molecule has 0 aliphatic carbocycles. The first-order valence-electron chi connectivity index (χ1n) is 12.7. The zero-order valence-corrected chi connectivity index (χ0v) is 21.7. The van der Waals surface area contributed by atoms with Crippen LogP contribution in [0.4, 0.5) is 0 Å². The predicted octanol–water partition coefficient (Wildman–Crippen LogP) is 4.45. The summed E-state index contributed by atoms with van der Waals surface area (Å²) in [6, 6.07) is 20.2. The van der Waals surface area contributed by atoms with Gasteiger partial charge in [-0.15, -0.1) is 0 Å². The Morgan fingerprint density at radius 1 is 1.05 bits per heavy atom. The summed E-state index contributed by atoms with van der Waals surface area (Å²) in [5.74, 6) is -0.259. The molecule has 2 aliphatic rings. The van der Waals surface area contributed by atoms with Gasteiger partial charge >= 0.3 is 5.97 Å². The second kappa shape index (κ2) is 10.8. The first-order chi connectivity index (χ1) is 18.4. The number of nitrogens with one attached hydrogen (secondary N) is 1. The quantitative estimate of drug-likeness (QED) is 0.457. The molecule has 1 saturated heterocycles. The van der Waals surface area contributed by atoms with E-state index in [1.54, 1.807) is 7.11 Å². The van der Waals surface area contributed by atoms with Gasteiger partial charge in [0.15, 0.2) is 11.5 Å². The lowest BCUT2D eigenvalue weighted by Gasteiger charge is -2.27. The first kappa shape index (κ1) is 25.6. The third kappa shape index (κ3) is 5.04. The highest BCUT2D eigenvalue weighted by molar-refractivity contribution is 5.79. The molecule has 0 radical (unpaired) electrons. The third-order valence-corrected chi connectivity index (χ3v) is 7.54. The summed E-state index contributed by atoms with van der Waals surface area (Å²) in [6.07, 6.45) is 0. The van der Waals surface area contributed by atoms with Gasteiger partial charge in [-0.25, -0.2) is 0 Å². The topological polar surface area (TPSA) is 97.3 Å². The Bertz CT molecular complexity index is 1320. The molecule has 0 bridgehead atoms. The largest absolute Gasteiger partial charge is 0.497 e. The van der Waals surface area contributed by atoms with E-state index in [0.717, 1.165) is 22.3 Å². The smallest absolute Gasteiger partial charge is 0.309 e. The molecule has 3 aromatic rings. The summed E-state index contributed by atoms with van der Waals surface area (Å²) in [5, 5.41) is 13.5. The predicted molar refractivity (Wildman–Crippen MR) is 141 cm³/mol. The van der Waals surface area contributed by atoms with Gasteiger partial charge in [0.25, 0.3) is 0 Å². The maximum absolute atomic E-state index is 13.3.